The van der Waals surface area contributed by atoms with Gasteiger partial charge < -0.3 is 9.47 Å². The van der Waals surface area contributed by atoms with E-state index in [0.29, 0.717) is 11.4 Å². The van der Waals surface area contributed by atoms with Crippen molar-refractivity contribution in [3.05, 3.63) is 83.3 Å². The van der Waals surface area contributed by atoms with Gasteiger partial charge in [0.25, 0.3) is 0 Å². The average Bonchev–Trinajstić information content (AvgIpc) is 3.25. The van der Waals surface area contributed by atoms with Crippen LogP contribution in [0.3, 0.4) is 0 Å². The number of carbonyl (C=O) groups is 2. The zero-order chi connectivity index (χ0) is 25.4. The Balaban J connectivity index is 1.82. The summed E-state index contributed by atoms with van der Waals surface area (Å²) in [6.07, 6.45) is 1.42. The predicted octanol–water partition coefficient (Wildman–Crippen LogP) is 5.66. The summed E-state index contributed by atoms with van der Waals surface area (Å²) in [5, 5.41) is 7.01. The summed E-state index contributed by atoms with van der Waals surface area (Å²) < 4.78 is 25.4. The molecule has 0 saturated heterocycles. The van der Waals surface area contributed by atoms with Crippen molar-refractivity contribution in [3.63, 3.8) is 0 Å². The van der Waals surface area contributed by atoms with E-state index in [2.05, 4.69) is 16.8 Å². The third-order valence-electron chi connectivity index (χ3n) is 5.01. The number of thiophene rings is 1. The third-order valence-corrected chi connectivity index (χ3v) is 8.39. The van der Waals surface area contributed by atoms with Gasteiger partial charge in [-0.15, -0.1) is 11.3 Å². The molecule has 35 heavy (non-hydrogen) atoms. The second-order valence-electron chi connectivity index (χ2n) is 8.42. The second kappa shape index (κ2) is 12.3. The van der Waals surface area contributed by atoms with Crippen molar-refractivity contribution < 1.29 is 23.6 Å². The Bertz CT molecular complexity index is 1220. The molecule has 9 heteroatoms. The van der Waals surface area contributed by atoms with Crippen molar-refractivity contribution in [2.45, 2.75) is 45.6 Å². The van der Waals surface area contributed by atoms with E-state index >= 15 is 0 Å². The molecule has 2 atom stereocenters. The van der Waals surface area contributed by atoms with Crippen LogP contribution in [0.4, 0.5) is 0 Å². The molecular formula is C26H31N2O5PS. The van der Waals surface area contributed by atoms with Crippen LogP contribution in [0, 0.1) is 0 Å². The third kappa shape index (κ3) is 7.87. The van der Waals surface area contributed by atoms with Gasteiger partial charge in [-0.2, -0.15) is 0 Å². The summed E-state index contributed by atoms with van der Waals surface area (Å²) in [6, 6.07) is 16.3. The normalized spacial score (nSPS) is 13.8. The quantitative estimate of drug-likeness (QED) is 0.183. The zero-order valence-electron chi connectivity index (χ0n) is 20.2. The molecular weight excluding hydrogens is 483 g/mol. The minimum atomic E-state index is -3.27. The number of hydrogen-bond donors (Lipinski definition) is 2. The van der Waals surface area contributed by atoms with E-state index in [1.807, 2.05) is 48.5 Å². The first-order valence-corrected chi connectivity index (χ1v) is 14.1. The molecule has 0 bridgehead atoms. The topological polar surface area (TPSA) is 93.7 Å². The Morgan fingerprint density at radius 2 is 1.83 bits per heavy atom. The predicted molar refractivity (Wildman–Crippen MR) is 141 cm³/mol. The van der Waals surface area contributed by atoms with Gasteiger partial charge in [-0.3, -0.25) is 14.4 Å². The van der Waals surface area contributed by atoms with Gasteiger partial charge in [-0.05, 0) is 55.5 Å². The average molecular weight is 515 g/mol. The van der Waals surface area contributed by atoms with E-state index in [1.165, 1.54) is 17.4 Å². The maximum absolute atomic E-state index is 14.0. The Hall–Kier alpha value is -2.77. The van der Waals surface area contributed by atoms with E-state index in [0.717, 1.165) is 21.2 Å². The maximum atomic E-state index is 14.0. The van der Waals surface area contributed by atoms with E-state index in [9.17, 15) is 14.2 Å². The number of carbonyl (C=O) groups excluding carboxylic acids is 2. The Morgan fingerprint density at radius 1 is 1.09 bits per heavy atom. The van der Waals surface area contributed by atoms with Crippen molar-refractivity contribution in [1.29, 1.82) is 0 Å². The van der Waals surface area contributed by atoms with E-state index in [4.69, 9.17) is 9.47 Å². The Labute approximate surface area is 210 Å². The molecule has 0 aliphatic rings. The molecule has 0 aliphatic heterocycles. The first-order chi connectivity index (χ1) is 16.7. The van der Waals surface area contributed by atoms with Crippen LogP contribution in [0.15, 0.2) is 67.3 Å². The Morgan fingerprint density at radius 3 is 2.51 bits per heavy atom. The van der Waals surface area contributed by atoms with Crippen LogP contribution in [0.5, 0.6) is 0 Å². The fourth-order valence-corrected chi connectivity index (χ4v) is 6.53. The van der Waals surface area contributed by atoms with Gasteiger partial charge in [0.2, 0.25) is 7.44 Å². The number of nitrogens with one attached hydrogen (secondary N) is 2. The second-order valence-corrected chi connectivity index (χ2v) is 11.9. The highest BCUT2D eigenvalue weighted by atomic mass is 32.1. The highest BCUT2D eigenvalue weighted by molar-refractivity contribution is 7.59. The fourth-order valence-electron chi connectivity index (χ4n) is 3.42. The molecule has 3 aromatic rings. The van der Waals surface area contributed by atoms with Crippen LogP contribution in [0.1, 0.15) is 41.6 Å². The van der Waals surface area contributed by atoms with Gasteiger partial charge in [0.15, 0.2) is 0 Å². The Kier molecular flexibility index (Phi) is 9.40. The highest BCUT2D eigenvalue weighted by Crippen LogP contribution is 2.42. The highest BCUT2D eigenvalue weighted by Gasteiger charge is 2.28. The van der Waals surface area contributed by atoms with Crippen LogP contribution in [0.2, 0.25) is 0 Å². The largest absolute Gasteiger partial charge is 0.462 e. The lowest BCUT2D eigenvalue weighted by molar-refractivity contribution is -0.148. The lowest BCUT2D eigenvalue weighted by Gasteiger charge is -2.25. The van der Waals surface area contributed by atoms with Crippen molar-refractivity contribution in [2.75, 3.05) is 6.61 Å². The summed E-state index contributed by atoms with van der Waals surface area (Å²) in [5.41, 5.74) is 1.78. The minimum absolute atomic E-state index is 0.150. The van der Waals surface area contributed by atoms with Gasteiger partial charge in [0, 0.05) is 11.2 Å². The van der Waals surface area contributed by atoms with Gasteiger partial charge in [0.1, 0.15) is 17.5 Å². The van der Waals surface area contributed by atoms with E-state index in [1.54, 1.807) is 26.8 Å². The number of fused-ring (bicyclic) bond motifs is 1. The fraction of sp³-hybridized carbons (Fsp3) is 0.308. The van der Waals surface area contributed by atoms with E-state index < -0.39 is 25.4 Å². The summed E-state index contributed by atoms with van der Waals surface area (Å²) in [4.78, 5) is 25.1. The van der Waals surface area contributed by atoms with Crippen molar-refractivity contribution in [2.24, 2.45) is 0 Å². The van der Waals surface area contributed by atoms with Crippen LogP contribution in [-0.2, 0) is 31.5 Å². The summed E-state index contributed by atoms with van der Waals surface area (Å²) in [6.45, 7) is 9.27. The van der Waals surface area contributed by atoms with Crippen molar-refractivity contribution >= 4 is 40.8 Å². The summed E-state index contributed by atoms with van der Waals surface area (Å²) in [5.74, 6) is -0.861. The summed E-state index contributed by atoms with van der Waals surface area (Å²) >= 11 is 1.34. The number of hydrogen-bond acceptors (Lipinski definition) is 6. The van der Waals surface area contributed by atoms with Gasteiger partial charge in [0.05, 0.1) is 12.3 Å². The number of rotatable bonds is 12. The first kappa shape index (κ1) is 26.8. The lowest BCUT2D eigenvalue weighted by atomic mass is 10.2. The number of esters is 2. The molecule has 1 aromatic heterocycles. The van der Waals surface area contributed by atoms with Crippen LogP contribution < -0.4 is 10.2 Å². The van der Waals surface area contributed by atoms with Gasteiger partial charge >= 0.3 is 11.9 Å². The monoisotopic (exact) mass is 514 g/mol. The minimum Gasteiger partial charge on any atom is -0.462 e. The van der Waals surface area contributed by atoms with Crippen LogP contribution in [0.25, 0.3) is 10.1 Å². The lowest BCUT2D eigenvalue weighted by Crippen LogP contribution is -2.38. The molecule has 0 aliphatic carbocycles. The molecule has 0 fully saturated rings. The SMILES string of the molecule is C=CCOC(=O)c1cc2cc(CP(=O)(NCc3ccccc3)N[C@@H](C)C(=O)OC(C)C)ccc2s1. The zero-order valence-corrected chi connectivity index (χ0v) is 21.9. The van der Waals surface area contributed by atoms with Gasteiger partial charge in [-0.1, -0.05) is 49.1 Å². The molecule has 7 nitrogen and oxygen atoms in total. The molecule has 0 amide bonds. The maximum Gasteiger partial charge on any atom is 0.348 e. The standard InChI is InChI=1S/C26H31N2O5PS/c1-5-13-32-26(30)24-15-22-14-21(11-12-23(22)35-24)17-34(31,27-16-20-9-7-6-8-10-20)28-19(4)25(29)33-18(2)3/h5-12,14-15,18-19H,1,13,16-17H2,2-4H3,(H2,27,28,31)/t19-,34?/m0/s1. The molecule has 0 radical (unpaired) electrons. The number of benzene rings is 2. The molecule has 0 spiro atoms. The molecule has 0 saturated carbocycles. The molecule has 186 valence electrons. The molecule has 1 unspecified atom stereocenters. The van der Waals surface area contributed by atoms with Crippen LogP contribution >= 0.6 is 18.8 Å². The molecule has 2 N–H and O–H groups in total. The van der Waals surface area contributed by atoms with E-state index in [-0.39, 0.29) is 18.9 Å². The summed E-state index contributed by atoms with van der Waals surface area (Å²) in [7, 11) is -3.27. The first-order valence-electron chi connectivity index (χ1n) is 11.4. The van der Waals surface area contributed by atoms with Crippen LogP contribution in [-0.4, -0.2) is 30.7 Å². The van der Waals surface area contributed by atoms with Crippen molar-refractivity contribution in [1.82, 2.24) is 10.2 Å². The van der Waals surface area contributed by atoms with Crippen molar-refractivity contribution in [3.8, 4) is 0 Å². The number of ether oxygens (including phenoxy) is 2. The smallest absolute Gasteiger partial charge is 0.348 e. The molecule has 2 aromatic carbocycles. The molecule has 3 rings (SSSR count). The molecule has 1 heterocycles. The van der Waals surface area contributed by atoms with Gasteiger partial charge in [-0.25, -0.2) is 9.88 Å².